The molecule has 0 atom stereocenters. The number of aryl methyl sites for hydroxylation is 2. The van der Waals surface area contributed by atoms with Gasteiger partial charge in [0.2, 0.25) is 5.91 Å². The quantitative estimate of drug-likeness (QED) is 0.697. The number of esters is 2. The van der Waals surface area contributed by atoms with Gasteiger partial charge in [0, 0.05) is 17.5 Å². The molecule has 0 saturated carbocycles. The van der Waals surface area contributed by atoms with Crippen LogP contribution in [0.25, 0.3) is 0 Å². The van der Waals surface area contributed by atoms with Crippen LogP contribution in [-0.2, 0) is 19.1 Å². The molecule has 2 aromatic rings. The maximum atomic E-state index is 12.5. The van der Waals surface area contributed by atoms with Gasteiger partial charge < -0.3 is 20.1 Å². The first kappa shape index (κ1) is 22.1. The van der Waals surface area contributed by atoms with Gasteiger partial charge >= 0.3 is 11.9 Å². The molecular weight excluding hydrogens is 396 g/mol. The predicted molar refractivity (Wildman–Crippen MR) is 110 cm³/mol. The lowest BCUT2D eigenvalue weighted by Crippen LogP contribution is -2.22. The Labute approximate surface area is 172 Å². The van der Waals surface area contributed by atoms with Crippen molar-refractivity contribution in [3.8, 4) is 0 Å². The van der Waals surface area contributed by atoms with Crippen LogP contribution in [0.1, 0.15) is 43.6 Å². The second kappa shape index (κ2) is 9.33. The number of nitrogens with one attached hydrogen (secondary N) is 2. The van der Waals surface area contributed by atoms with E-state index in [-0.39, 0.29) is 17.0 Å². The fraction of sp³-hybridized carbons (Fsp3) is 0.300. The molecule has 0 bridgehead atoms. The number of rotatable bonds is 6. The molecule has 1 aromatic heterocycles. The number of anilines is 2. The highest BCUT2D eigenvalue weighted by Crippen LogP contribution is 2.33. The van der Waals surface area contributed by atoms with E-state index in [1.807, 2.05) is 6.92 Å². The number of amides is 2. The van der Waals surface area contributed by atoms with Gasteiger partial charge in [-0.2, -0.15) is 0 Å². The summed E-state index contributed by atoms with van der Waals surface area (Å²) in [5.74, 6) is -2.10. The van der Waals surface area contributed by atoms with Gasteiger partial charge in [0.25, 0.3) is 5.91 Å². The minimum absolute atomic E-state index is 0.236. The lowest BCUT2D eigenvalue weighted by Gasteiger charge is -2.11. The summed E-state index contributed by atoms with van der Waals surface area (Å²) in [6.45, 7) is 6.16. The van der Waals surface area contributed by atoms with Crippen molar-refractivity contribution in [3.63, 3.8) is 0 Å². The molecule has 2 rings (SSSR count). The zero-order valence-corrected chi connectivity index (χ0v) is 17.6. The first-order chi connectivity index (χ1) is 13.6. The van der Waals surface area contributed by atoms with E-state index in [0.29, 0.717) is 16.3 Å². The molecule has 0 aliphatic carbocycles. The van der Waals surface area contributed by atoms with Crippen LogP contribution >= 0.6 is 11.3 Å². The van der Waals surface area contributed by atoms with Gasteiger partial charge in [-0.25, -0.2) is 9.59 Å². The minimum atomic E-state index is -0.703. The van der Waals surface area contributed by atoms with Gasteiger partial charge in [0.05, 0.1) is 18.2 Å². The van der Waals surface area contributed by atoms with E-state index in [1.165, 1.54) is 31.4 Å². The summed E-state index contributed by atoms with van der Waals surface area (Å²) in [4.78, 5) is 48.6. The highest BCUT2D eigenvalue weighted by molar-refractivity contribution is 7.16. The summed E-state index contributed by atoms with van der Waals surface area (Å²) in [5, 5.41) is 5.61. The molecule has 0 aliphatic rings. The average Bonchev–Trinajstić information content (AvgIpc) is 2.93. The Morgan fingerprint density at radius 3 is 2.34 bits per heavy atom. The number of thiophene rings is 1. The Bertz CT molecular complexity index is 980. The van der Waals surface area contributed by atoms with Crippen LogP contribution in [0, 0.1) is 20.8 Å². The molecule has 29 heavy (non-hydrogen) atoms. The molecule has 2 amide bonds. The Morgan fingerprint density at radius 1 is 1.03 bits per heavy atom. The van der Waals surface area contributed by atoms with Crippen LogP contribution in [-0.4, -0.2) is 37.5 Å². The van der Waals surface area contributed by atoms with Gasteiger partial charge in [-0.1, -0.05) is 6.07 Å². The van der Waals surface area contributed by atoms with Crippen molar-refractivity contribution in [2.75, 3.05) is 24.4 Å². The van der Waals surface area contributed by atoms with Crippen molar-refractivity contribution >= 4 is 45.8 Å². The van der Waals surface area contributed by atoms with Gasteiger partial charge in [-0.05, 0) is 44.0 Å². The molecule has 0 spiro atoms. The number of benzene rings is 1. The highest BCUT2D eigenvalue weighted by atomic mass is 32.1. The zero-order valence-electron chi connectivity index (χ0n) is 16.8. The van der Waals surface area contributed by atoms with Gasteiger partial charge in [0.1, 0.15) is 5.00 Å². The molecule has 1 aromatic carbocycles. The standard InChI is InChI=1S/C20H22N2O6S/c1-10-6-7-14(19(25)27-5)8-15(10)22-16(24)9-28-20(26)17-11(2)12(3)29-18(17)21-13(4)23/h6-8H,9H2,1-5H3,(H,21,23)(H,22,24). The maximum absolute atomic E-state index is 12.5. The van der Waals surface area contributed by atoms with E-state index in [1.54, 1.807) is 26.0 Å². The van der Waals surface area contributed by atoms with Gasteiger partial charge in [-0.15, -0.1) is 11.3 Å². The topological polar surface area (TPSA) is 111 Å². The van der Waals surface area contributed by atoms with Crippen LogP contribution in [0.3, 0.4) is 0 Å². The van der Waals surface area contributed by atoms with Crippen LogP contribution in [0.2, 0.25) is 0 Å². The van der Waals surface area contributed by atoms with Crippen molar-refractivity contribution in [2.24, 2.45) is 0 Å². The molecule has 8 nitrogen and oxygen atoms in total. The fourth-order valence-electron chi connectivity index (χ4n) is 2.51. The molecule has 1 heterocycles. The summed E-state index contributed by atoms with van der Waals surface area (Å²) >= 11 is 1.27. The first-order valence-corrected chi connectivity index (χ1v) is 9.49. The lowest BCUT2D eigenvalue weighted by atomic mass is 10.1. The average molecular weight is 418 g/mol. The Hall–Kier alpha value is -3.20. The Balaban J connectivity index is 2.08. The number of hydrogen-bond donors (Lipinski definition) is 2. The van der Waals surface area contributed by atoms with Crippen molar-refractivity contribution in [1.29, 1.82) is 0 Å². The fourth-order valence-corrected chi connectivity index (χ4v) is 3.61. The smallest absolute Gasteiger partial charge is 0.341 e. The summed E-state index contributed by atoms with van der Waals surface area (Å²) in [6.07, 6.45) is 0. The van der Waals surface area contributed by atoms with E-state index < -0.39 is 24.5 Å². The molecule has 154 valence electrons. The van der Waals surface area contributed by atoms with Crippen molar-refractivity contribution < 1.29 is 28.7 Å². The summed E-state index contributed by atoms with van der Waals surface area (Å²) in [5.41, 5.74) is 2.35. The third-order valence-electron chi connectivity index (χ3n) is 4.15. The highest BCUT2D eigenvalue weighted by Gasteiger charge is 2.22. The molecule has 0 unspecified atom stereocenters. The van der Waals surface area contributed by atoms with Crippen molar-refractivity contribution in [1.82, 2.24) is 0 Å². The molecule has 0 saturated heterocycles. The van der Waals surface area contributed by atoms with E-state index >= 15 is 0 Å². The van der Waals surface area contributed by atoms with E-state index in [2.05, 4.69) is 15.4 Å². The molecule has 0 radical (unpaired) electrons. The number of hydrogen-bond acceptors (Lipinski definition) is 7. The number of carbonyl (C=O) groups is 4. The van der Waals surface area contributed by atoms with Crippen LogP contribution in [0.5, 0.6) is 0 Å². The second-order valence-corrected chi connectivity index (χ2v) is 7.54. The van der Waals surface area contributed by atoms with E-state index in [4.69, 9.17) is 4.74 Å². The Morgan fingerprint density at radius 2 is 1.72 bits per heavy atom. The third-order valence-corrected chi connectivity index (χ3v) is 5.27. The third kappa shape index (κ3) is 5.41. The molecule has 0 aliphatic heterocycles. The summed E-state index contributed by atoms with van der Waals surface area (Å²) in [6, 6.07) is 4.75. The van der Waals surface area contributed by atoms with Crippen molar-refractivity contribution in [2.45, 2.75) is 27.7 Å². The first-order valence-electron chi connectivity index (χ1n) is 8.67. The van der Waals surface area contributed by atoms with E-state index in [9.17, 15) is 19.2 Å². The minimum Gasteiger partial charge on any atom is -0.465 e. The lowest BCUT2D eigenvalue weighted by molar-refractivity contribution is -0.119. The van der Waals surface area contributed by atoms with Crippen molar-refractivity contribution in [3.05, 3.63) is 45.3 Å². The predicted octanol–water partition coefficient (Wildman–Crippen LogP) is 3.21. The SMILES string of the molecule is COC(=O)c1ccc(C)c(NC(=O)COC(=O)c2c(NC(C)=O)sc(C)c2C)c1. The maximum Gasteiger partial charge on any atom is 0.341 e. The molecule has 2 N–H and O–H groups in total. The van der Waals surface area contributed by atoms with Gasteiger partial charge in [-0.3, -0.25) is 9.59 Å². The second-order valence-electron chi connectivity index (χ2n) is 6.31. The monoisotopic (exact) mass is 418 g/mol. The molecule has 0 fully saturated rings. The van der Waals surface area contributed by atoms with Crippen LogP contribution in [0.15, 0.2) is 18.2 Å². The van der Waals surface area contributed by atoms with Crippen LogP contribution < -0.4 is 10.6 Å². The summed E-state index contributed by atoms with van der Waals surface area (Å²) in [7, 11) is 1.27. The van der Waals surface area contributed by atoms with Gasteiger partial charge in [0.15, 0.2) is 6.61 Å². The molecular formula is C20H22N2O6S. The molecule has 9 heteroatoms. The number of ether oxygens (including phenoxy) is 2. The Kier molecular flexibility index (Phi) is 7.11. The largest absolute Gasteiger partial charge is 0.465 e. The number of methoxy groups -OCH3 is 1. The van der Waals surface area contributed by atoms with Crippen LogP contribution in [0.4, 0.5) is 10.7 Å². The normalized spacial score (nSPS) is 10.2. The van der Waals surface area contributed by atoms with E-state index in [0.717, 1.165) is 10.4 Å². The summed E-state index contributed by atoms with van der Waals surface area (Å²) < 4.78 is 9.80. The zero-order chi connectivity index (χ0) is 21.7. The number of carbonyl (C=O) groups excluding carboxylic acids is 4.